The Bertz CT molecular complexity index is 1620. The number of fused-ring (bicyclic) bond motifs is 2. The predicted molar refractivity (Wildman–Crippen MR) is 147 cm³/mol. The van der Waals surface area contributed by atoms with Gasteiger partial charge < -0.3 is 20.9 Å². The summed E-state index contributed by atoms with van der Waals surface area (Å²) in [5, 5.41) is 14.1. The maximum Gasteiger partial charge on any atom is 0.256 e. The van der Waals surface area contributed by atoms with Gasteiger partial charge in [-0.1, -0.05) is 24.3 Å². The number of carbonyl (C=O) groups is 2. The summed E-state index contributed by atoms with van der Waals surface area (Å²) in [7, 11) is 0. The fraction of sp³-hybridized carbons (Fsp3) is 0.233. The van der Waals surface area contributed by atoms with Gasteiger partial charge >= 0.3 is 0 Å². The maximum atomic E-state index is 13.1. The zero-order valence-corrected chi connectivity index (χ0v) is 21.2. The van der Waals surface area contributed by atoms with Crippen LogP contribution in [-0.2, 0) is 4.79 Å². The van der Waals surface area contributed by atoms with E-state index in [9.17, 15) is 9.59 Å². The molecule has 1 aliphatic carbocycles. The number of amides is 2. The van der Waals surface area contributed by atoms with Gasteiger partial charge in [0.05, 0.1) is 23.0 Å². The number of aryl methyl sites for hydroxylation is 1. The zero-order chi connectivity index (χ0) is 26.0. The van der Waals surface area contributed by atoms with Crippen molar-refractivity contribution in [3.05, 3.63) is 89.0 Å². The molecule has 2 fully saturated rings. The molecule has 8 nitrogen and oxygen atoms in total. The Kier molecular flexibility index (Phi) is 5.13. The quantitative estimate of drug-likeness (QED) is 0.309. The second-order valence-corrected chi connectivity index (χ2v) is 10.4. The average molecular weight is 505 g/mol. The molecule has 1 saturated carbocycles. The first-order valence-electron chi connectivity index (χ1n) is 13.0. The standard InChI is InChI=1S/C30H28N6O2/c1-16-26(33-17(2)27(16)30(38)35-28-23-13-31-14-24(23)28)11-22-21-10-18(8-9-25(21)34-29(22)37)19-12-32-36(15-19)20-6-4-3-5-7-20/h3-12,15,23-24,28,31,33H,13-14H2,1-2H3,(H,34,37)(H,35,38)/b22-11-. The molecule has 2 atom stereocenters. The molecular weight excluding hydrogens is 476 g/mol. The van der Waals surface area contributed by atoms with E-state index < -0.39 is 0 Å². The molecule has 8 heteroatoms. The Morgan fingerprint density at radius 2 is 1.87 bits per heavy atom. The third-order valence-electron chi connectivity index (χ3n) is 8.12. The van der Waals surface area contributed by atoms with Gasteiger partial charge in [0.15, 0.2) is 0 Å². The molecule has 2 aliphatic heterocycles. The number of carbonyl (C=O) groups excluding carboxylic acids is 2. The van der Waals surface area contributed by atoms with Crippen LogP contribution in [0.3, 0.4) is 0 Å². The van der Waals surface area contributed by atoms with Crippen molar-refractivity contribution < 1.29 is 9.59 Å². The predicted octanol–water partition coefficient (Wildman–Crippen LogP) is 3.92. The molecule has 2 aromatic heterocycles. The molecule has 2 unspecified atom stereocenters. The lowest BCUT2D eigenvalue weighted by atomic mass is 9.99. The minimum Gasteiger partial charge on any atom is -0.358 e. The van der Waals surface area contributed by atoms with Crippen molar-refractivity contribution in [2.45, 2.75) is 19.9 Å². The molecule has 0 spiro atoms. The molecule has 38 heavy (non-hydrogen) atoms. The minimum absolute atomic E-state index is 0.0470. The van der Waals surface area contributed by atoms with E-state index in [0.29, 0.717) is 23.0 Å². The highest BCUT2D eigenvalue weighted by Crippen LogP contribution is 2.42. The molecule has 7 rings (SSSR count). The summed E-state index contributed by atoms with van der Waals surface area (Å²) in [4.78, 5) is 29.4. The lowest BCUT2D eigenvalue weighted by Gasteiger charge is -2.08. The molecule has 4 N–H and O–H groups in total. The van der Waals surface area contributed by atoms with E-state index in [1.807, 2.05) is 85.5 Å². The average Bonchev–Trinajstić information content (AvgIpc) is 3.45. The van der Waals surface area contributed by atoms with Gasteiger partial charge in [0.25, 0.3) is 11.8 Å². The van der Waals surface area contributed by atoms with E-state index in [0.717, 1.165) is 58.1 Å². The number of para-hydroxylation sites is 1. The second kappa shape index (κ2) is 8.56. The summed E-state index contributed by atoms with van der Waals surface area (Å²) < 4.78 is 1.84. The molecular formula is C30H28N6O2. The van der Waals surface area contributed by atoms with Crippen molar-refractivity contribution in [1.82, 2.24) is 25.4 Å². The summed E-state index contributed by atoms with van der Waals surface area (Å²) >= 11 is 0. The number of nitrogens with zero attached hydrogens (tertiary/aromatic N) is 2. The van der Waals surface area contributed by atoms with Crippen LogP contribution < -0.4 is 16.0 Å². The molecule has 4 heterocycles. The monoisotopic (exact) mass is 504 g/mol. The number of hydrogen-bond acceptors (Lipinski definition) is 4. The van der Waals surface area contributed by atoms with Crippen LogP contribution in [-0.4, -0.2) is 45.7 Å². The number of benzene rings is 2. The highest BCUT2D eigenvalue weighted by atomic mass is 16.2. The maximum absolute atomic E-state index is 13.1. The van der Waals surface area contributed by atoms with E-state index in [4.69, 9.17) is 0 Å². The SMILES string of the molecule is Cc1[nH]c(/C=C2\C(=O)Nc3ccc(-c4cnn(-c5ccccc5)c4)cc32)c(C)c1C(=O)NC1C2CNCC21. The second-order valence-electron chi connectivity index (χ2n) is 10.4. The summed E-state index contributed by atoms with van der Waals surface area (Å²) in [5.74, 6) is 0.892. The molecule has 2 amide bonds. The van der Waals surface area contributed by atoms with Crippen LogP contribution in [0.5, 0.6) is 0 Å². The fourth-order valence-electron chi connectivity index (χ4n) is 5.96. The van der Waals surface area contributed by atoms with Gasteiger partial charge in [0.2, 0.25) is 0 Å². The van der Waals surface area contributed by atoms with E-state index in [2.05, 4.69) is 26.0 Å². The number of aromatic nitrogens is 3. The normalized spacial score (nSPS) is 22.3. The number of rotatable bonds is 5. The number of H-pyrrole nitrogens is 1. The number of hydrogen-bond donors (Lipinski definition) is 4. The Morgan fingerprint density at radius 3 is 2.66 bits per heavy atom. The first-order chi connectivity index (χ1) is 18.5. The van der Waals surface area contributed by atoms with Crippen molar-refractivity contribution in [2.75, 3.05) is 18.4 Å². The molecule has 3 aliphatic rings. The van der Waals surface area contributed by atoms with Gasteiger partial charge in [-0.2, -0.15) is 5.10 Å². The lowest BCUT2D eigenvalue weighted by molar-refractivity contribution is -0.110. The van der Waals surface area contributed by atoms with Crippen molar-refractivity contribution in [3.63, 3.8) is 0 Å². The van der Waals surface area contributed by atoms with Crippen molar-refractivity contribution >= 4 is 29.2 Å². The van der Waals surface area contributed by atoms with Crippen LogP contribution in [0.2, 0.25) is 0 Å². The Hall–Kier alpha value is -4.43. The van der Waals surface area contributed by atoms with Crippen LogP contribution in [0.25, 0.3) is 28.5 Å². The van der Waals surface area contributed by atoms with Crippen molar-refractivity contribution in [3.8, 4) is 16.8 Å². The summed E-state index contributed by atoms with van der Waals surface area (Å²) in [6.07, 6.45) is 5.67. The van der Waals surface area contributed by atoms with Gasteiger partial charge in [-0.05, 0) is 67.2 Å². The molecule has 190 valence electrons. The fourth-order valence-corrected chi connectivity index (χ4v) is 5.96. The third kappa shape index (κ3) is 3.68. The van der Waals surface area contributed by atoms with E-state index in [1.165, 1.54) is 0 Å². The third-order valence-corrected chi connectivity index (χ3v) is 8.12. The Balaban J connectivity index is 1.19. The number of aromatic amines is 1. The first kappa shape index (κ1) is 22.7. The topological polar surface area (TPSA) is 104 Å². The first-order valence-corrected chi connectivity index (χ1v) is 13.0. The molecule has 0 bridgehead atoms. The molecule has 0 radical (unpaired) electrons. The van der Waals surface area contributed by atoms with Crippen molar-refractivity contribution in [2.24, 2.45) is 11.8 Å². The van der Waals surface area contributed by atoms with Crippen LogP contribution in [0.15, 0.2) is 60.9 Å². The van der Waals surface area contributed by atoms with Crippen LogP contribution in [0, 0.1) is 25.7 Å². The van der Waals surface area contributed by atoms with E-state index in [1.54, 1.807) is 0 Å². The van der Waals surface area contributed by atoms with E-state index >= 15 is 0 Å². The van der Waals surface area contributed by atoms with Gasteiger partial charge in [0, 0.05) is 53.5 Å². The molecule has 4 aromatic rings. The minimum atomic E-state index is -0.159. The number of nitrogens with one attached hydrogen (secondary N) is 4. The van der Waals surface area contributed by atoms with Gasteiger partial charge in [0.1, 0.15) is 0 Å². The number of anilines is 1. The largest absolute Gasteiger partial charge is 0.358 e. The highest BCUT2D eigenvalue weighted by molar-refractivity contribution is 6.35. The van der Waals surface area contributed by atoms with Crippen LogP contribution in [0.1, 0.15) is 32.9 Å². The molecule has 2 aromatic carbocycles. The van der Waals surface area contributed by atoms with Gasteiger partial charge in [-0.15, -0.1) is 0 Å². The smallest absolute Gasteiger partial charge is 0.256 e. The Morgan fingerprint density at radius 1 is 1.08 bits per heavy atom. The Labute approximate surface area is 220 Å². The zero-order valence-electron chi connectivity index (χ0n) is 21.2. The van der Waals surface area contributed by atoms with Crippen molar-refractivity contribution in [1.29, 1.82) is 0 Å². The van der Waals surface area contributed by atoms with E-state index in [-0.39, 0.29) is 17.9 Å². The van der Waals surface area contributed by atoms with Crippen LogP contribution in [0.4, 0.5) is 5.69 Å². The lowest BCUT2D eigenvalue weighted by Crippen LogP contribution is -2.33. The summed E-state index contributed by atoms with van der Waals surface area (Å²) in [6.45, 7) is 5.79. The molecule has 1 saturated heterocycles. The highest BCUT2D eigenvalue weighted by Gasteiger charge is 2.53. The van der Waals surface area contributed by atoms with Crippen LogP contribution >= 0.6 is 0 Å². The summed E-state index contributed by atoms with van der Waals surface area (Å²) in [6, 6.07) is 16.1. The number of piperidine rings is 1. The van der Waals surface area contributed by atoms with Gasteiger partial charge in [-0.3, -0.25) is 9.59 Å². The summed E-state index contributed by atoms with van der Waals surface area (Å²) in [5.41, 5.74) is 8.16. The van der Waals surface area contributed by atoms with Gasteiger partial charge in [-0.25, -0.2) is 4.68 Å².